The van der Waals surface area contributed by atoms with Gasteiger partial charge in [0, 0.05) is 30.3 Å². The van der Waals surface area contributed by atoms with Crippen molar-refractivity contribution >= 4 is 42.8 Å². The van der Waals surface area contributed by atoms with Gasteiger partial charge in [0.1, 0.15) is 0 Å². The van der Waals surface area contributed by atoms with Crippen LogP contribution in [-0.2, 0) is 25.7 Å². The third-order valence-electron chi connectivity index (χ3n) is 7.92. The Kier molecular flexibility index (Phi) is 5.34. The van der Waals surface area contributed by atoms with Gasteiger partial charge in [-0.25, -0.2) is 0 Å². The van der Waals surface area contributed by atoms with Crippen LogP contribution in [0, 0.1) is 13.8 Å². The van der Waals surface area contributed by atoms with E-state index >= 15 is 0 Å². The summed E-state index contributed by atoms with van der Waals surface area (Å²) in [6.45, 7) is 4.63. The zero-order chi connectivity index (χ0) is 24.2. The van der Waals surface area contributed by atoms with Crippen molar-refractivity contribution in [2.24, 2.45) is 0 Å². The zero-order valence-corrected chi connectivity index (χ0v) is 22.4. The van der Waals surface area contributed by atoms with Crippen LogP contribution in [0.2, 0.25) is 0 Å². The molecule has 176 valence electrons. The summed E-state index contributed by atoms with van der Waals surface area (Å²) >= 11 is 4.04. The molecular weight excluding hydrogens is 473 g/mol. The smallest absolute Gasteiger partial charge is 0.0433 e. The number of thiophene rings is 2. The van der Waals surface area contributed by atoms with Gasteiger partial charge >= 0.3 is 0 Å². The molecule has 0 saturated carbocycles. The van der Waals surface area contributed by atoms with E-state index in [0.29, 0.717) is 0 Å². The SMILES string of the molecule is Cc1c(CCc2ccccc2)sc2c3c(ccc12)-c1c-3ccc2c(C)c(CCc3ccccc3)sc12. The Bertz CT molecular complexity index is 1590. The van der Waals surface area contributed by atoms with Crippen molar-refractivity contribution in [3.63, 3.8) is 0 Å². The Morgan fingerprint density at radius 3 is 1.31 bits per heavy atom. The molecule has 6 aromatic rings. The highest BCUT2D eigenvalue weighted by Crippen LogP contribution is 2.57. The standard InChI is InChI=1S/C34H28S2/c1-21-25-15-17-27-31(33(25)35-29(21)19-13-23-9-5-3-6-10-23)28-18-16-26-22(2)30(36-34(26)32(27)28)20-14-24-11-7-4-8-12-24/h3-12,15-18H,13-14,19-20H2,1-2H3. The lowest BCUT2D eigenvalue weighted by Gasteiger charge is -2.25. The maximum absolute atomic E-state index is 2.39. The fourth-order valence-corrected chi connectivity index (χ4v) is 8.57. The molecule has 0 atom stereocenters. The largest absolute Gasteiger partial charge is 0.139 e. The Hall–Kier alpha value is -3.20. The molecule has 0 fully saturated rings. The number of fused-ring (bicyclic) bond motifs is 8. The van der Waals surface area contributed by atoms with Gasteiger partial charge in [-0.1, -0.05) is 84.9 Å². The van der Waals surface area contributed by atoms with Crippen molar-refractivity contribution in [3.05, 3.63) is 117 Å². The van der Waals surface area contributed by atoms with Gasteiger partial charge in [0.15, 0.2) is 0 Å². The lowest BCUT2D eigenvalue weighted by molar-refractivity contribution is 0.974. The zero-order valence-electron chi connectivity index (χ0n) is 20.7. The Balaban J connectivity index is 1.24. The van der Waals surface area contributed by atoms with E-state index in [1.54, 1.807) is 0 Å². The highest BCUT2D eigenvalue weighted by Gasteiger charge is 2.30. The summed E-state index contributed by atoms with van der Waals surface area (Å²) in [5.74, 6) is 0. The van der Waals surface area contributed by atoms with Crippen molar-refractivity contribution < 1.29 is 0 Å². The first-order valence-electron chi connectivity index (χ1n) is 12.9. The van der Waals surface area contributed by atoms with E-state index in [1.807, 2.05) is 22.7 Å². The number of benzene rings is 4. The summed E-state index contributed by atoms with van der Waals surface area (Å²) in [6, 6.07) is 31.3. The summed E-state index contributed by atoms with van der Waals surface area (Å²) in [7, 11) is 0. The van der Waals surface area contributed by atoms with E-state index in [2.05, 4.69) is 98.8 Å². The van der Waals surface area contributed by atoms with Crippen molar-refractivity contribution in [3.8, 4) is 22.3 Å². The van der Waals surface area contributed by atoms with Crippen LogP contribution < -0.4 is 0 Å². The lowest BCUT2D eigenvalue weighted by Crippen LogP contribution is -1.98. The molecular formula is C34H28S2. The monoisotopic (exact) mass is 500 g/mol. The minimum Gasteiger partial charge on any atom is -0.139 e. The molecule has 4 aromatic carbocycles. The van der Waals surface area contributed by atoms with Crippen molar-refractivity contribution in [2.75, 3.05) is 0 Å². The second-order valence-electron chi connectivity index (χ2n) is 10.0. The van der Waals surface area contributed by atoms with Gasteiger partial charge in [0.05, 0.1) is 0 Å². The van der Waals surface area contributed by atoms with Crippen LogP contribution in [0.4, 0.5) is 0 Å². The van der Waals surface area contributed by atoms with Gasteiger partial charge in [-0.05, 0) is 83.7 Å². The highest BCUT2D eigenvalue weighted by molar-refractivity contribution is 7.21. The van der Waals surface area contributed by atoms with Crippen LogP contribution in [0.3, 0.4) is 0 Å². The second-order valence-corrected chi connectivity index (χ2v) is 12.2. The van der Waals surface area contributed by atoms with E-state index in [-0.39, 0.29) is 0 Å². The molecule has 0 radical (unpaired) electrons. The summed E-state index contributed by atoms with van der Waals surface area (Å²) in [5, 5.41) is 2.89. The number of rotatable bonds is 6. The van der Waals surface area contributed by atoms with Crippen LogP contribution >= 0.6 is 22.7 Å². The highest BCUT2D eigenvalue weighted by atomic mass is 32.1. The third kappa shape index (κ3) is 3.47. The minimum absolute atomic E-state index is 1.11. The molecule has 0 unspecified atom stereocenters. The third-order valence-corrected chi connectivity index (χ3v) is 10.7. The quantitative estimate of drug-likeness (QED) is 0.213. The topological polar surface area (TPSA) is 0 Å². The molecule has 2 aromatic heterocycles. The Labute approximate surface area is 220 Å². The average Bonchev–Trinajstić information content (AvgIpc) is 3.39. The van der Waals surface area contributed by atoms with Crippen LogP contribution in [0.15, 0.2) is 84.9 Å². The molecule has 1 aliphatic carbocycles. The number of hydrogen-bond acceptors (Lipinski definition) is 2. The van der Waals surface area contributed by atoms with Crippen molar-refractivity contribution in [2.45, 2.75) is 39.5 Å². The molecule has 0 nitrogen and oxygen atoms in total. The van der Waals surface area contributed by atoms with Crippen LogP contribution in [0.25, 0.3) is 42.4 Å². The van der Waals surface area contributed by atoms with Crippen molar-refractivity contribution in [1.29, 1.82) is 0 Å². The summed E-state index contributed by atoms with van der Waals surface area (Å²) in [5.41, 5.74) is 11.7. The van der Waals surface area contributed by atoms with Crippen LogP contribution in [-0.4, -0.2) is 0 Å². The molecule has 2 heterocycles. The number of hydrogen-bond donors (Lipinski definition) is 0. The van der Waals surface area contributed by atoms with Crippen LogP contribution in [0.1, 0.15) is 32.0 Å². The summed E-state index contributed by atoms with van der Waals surface area (Å²) in [6.07, 6.45) is 4.44. The second kappa shape index (κ2) is 8.73. The fourth-order valence-electron chi connectivity index (χ4n) is 5.84. The predicted molar refractivity (Wildman–Crippen MR) is 159 cm³/mol. The van der Waals surface area contributed by atoms with E-state index in [0.717, 1.165) is 25.7 Å². The van der Waals surface area contributed by atoms with Gasteiger partial charge in [-0.3, -0.25) is 0 Å². The first-order chi connectivity index (χ1) is 17.7. The maximum atomic E-state index is 2.39. The molecule has 36 heavy (non-hydrogen) atoms. The minimum atomic E-state index is 1.11. The molecule has 0 aliphatic heterocycles. The lowest BCUT2D eigenvalue weighted by atomic mass is 9.79. The molecule has 7 rings (SSSR count). The molecule has 1 aliphatic rings. The molecule has 0 amide bonds. The first-order valence-corrected chi connectivity index (χ1v) is 14.5. The Morgan fingerprint density at radius 2 is 0.889 bits per heavy atom. The molecule has 0 spiro atoms. The van der Waals surface area contributed by atoms with E-state index < -0.39 is 0 Å². The normalized spacial score (nSPS) is 12.1. The molecule has 0 bridgehead atoms. The molecule has 0 saturated heterocycles. The van der Waals surface area contributed by atoms with Gasteiger partial charge in [0.25, 0.3) is 0 Å². The summed E-state index contributed by atoms with van der Waals surface area (Å²) in [4.78, 5) is 3.07. The molecule has 0 N–H and O–H groups in total. The predicted octanol–water partition coefficient (Wildman–Crippen LogP) is 9.95. The van der Waals surface area contributed by atoms with E-state index in [4.69, 9.17) is 0 Å². The average molecular weight is 501 g/mol. The van der Waals surface area contributed by atoms with Crippen molar-refractivity contribution in [1.82, 2.24) is 0 Å². The van der Waals surface area contributed by atoms with E-state index in [9.17, 15) is 0 Å². The fraction of sp³-hybridized carbons (Fsp3) is 0.176. The van der Waals surface area contributed by atoms with Gasteiger partial charge < -0.3 is 0 Å². The first kappa shape index (κ1) is 22.0. The van der Waals surface area contributed by atoms with Gasteiger partial charge in [0.2, 0.25) is 0 Å². The Morgan fingerprint density at radius 1 is 0.472 bits per heavy atom. The maximum Gasteiger partial charge on any atom is 0.0433 e. The number of aryl methyl sites for hydroxylation is 6. The van der Waals surface area contributed by atoms with Gasteiger partial charge in [-0.2, -0.15) is 0 Å². The van der Waals surface area contributed by atoms with E-state index in [1.165, 1.54) is 74.4 Å². The molecule has 2 heteroatoms. The van der Waals surface area contributed by atoms with Gasteiger partial charge in [-0.15, -0.1) is 22.7 Å². The van der Waals surface area contributed by atoms with Crippen LogP contribution in [0.5, 0.6) is 0 Å². The summed E-state index contributed by atoms with van der Waals surface area (Å²) < 4.78 is 2.97.